The van der Waals surface area contributed by atoms with E-state index in [1.807, 2.05) is 0 Å². The molecule has 4 atom stereocenters. The average Bonchev–Trinajstić information content (AvgIpc) is 3.34. The van der Waals surface area contributed by atoms with Gasteiger partial charge >= 0.3 is 5.97 Å². The van der Waals surface area contributed by atoms with Crippen LogP contribution in [-0.2, 0) is 30.4 Å². The third-order valence-electron chi connectivity index (χ3n) is 5.02. The van der Waals surface area contributed by atoms with Crippen molar-refractivity contribution in [2.45, 2.75) is 56.3 Å². The number of guanidine groups is 1. The molecule has 206 valence electrons. The normalized spacial score (nSPS) is 13.9. The first-order valence-corrected chi connectivity index (χ1v) is 11.9. The molecule has 0 saturated carbocycles. The fraction of sp³-hybridized carbons (Fsp3) is 0.550. The summed E-state index contributed by atoms with van der Waals surface area (Å²) in [4.78, 5) is 71.7. The quantitative estimate of drug-likeness (QED) is 0.0394. The largest absolute Gasteiger partial charge is 0.480 e. The number of carbonyl (C=O) groups is 5. The molecular formula is C20H34N10O6S. The summed E-state index contributed by atoms with van der Waals surface area (Å²) in [5, 5.41) is 16.8. The standard InChI is InChI=1S/C20H34N10O6S/c21-11(8-37)16(32)28-12(3-4-15(22)31)17(33)30-14(6-10-7-25-9-27-10)18(34)29-13(19(35)36)2-1-5-26-20(23)24/h7,9,11-14,37H,1-6,8,21H2,(H2,22,31)(H,25,27)(H,28,32)(H,29,34)(H,30,33)(H,35,36)(H4,23,24,26). The van der Waals surface area contributed by atoms with E-state index >= 15 is 0 Å². The van der Waals surface area contributed by atoms with Crippen molar-refractivity contribution in [3.8, 4) is 0 Å². The lowest BCUT2D eigenvalue weighted by Crippen LogP contribution is -2.58. The number of H-pyrrole nitrogens is 1. The molecule has 0 saturated heterocycles. The molecule has 0 radical (unpaired) electrons. The van der Waals surface area contributed by atoms with Gasteiger partial charge in [-0.15, -0.1) is 0 Å². The molecule has 0 bridgehead atoms. The van der Waals surface area contributed by atoms with E-state index in [0.29, 0.717) is 5.69 Å². The highest BCUT2D eigenvalue weighted by Crippen LogP contribution is 2.06. The lowest BCUT2D eigenvalue weighted by Gasteiger charge is -2.25. The first-order valence-electron chi connectivity index (χ1n) is 11.3. The maximum absolute atomic E-state index is 13.0. The number of hydrogen-bond acceptors (Lipinski definition) is 9. The number of carbonyl (C=O) groups excluding carboxylic acids is 4. The molecule has 17 heteroatoms. The Balaban J connectivity index is 3.04. The highest BCUT2D eigenvalue weighted by atomic mass is 32.1. The molecule has 0 aliphatic heterocycles. The summed E-state index contributed by atoms with van der Waals surface area (Å²) in [6, 6.07) is -4.83. The molecule has 0 aromatic carbocycles. The number of nitrogens with zero attached hydrogens (tertiary/aromatic N) is 2. The van der Waals surface area contributed by atoms with Crippen molar-refractivity contribution in [1.29, 1.82) is 0 Å². The number of hydrogen-bond donors (Lipinski definition) is 10. The predicted octanol–water partition coefficient (Wildman–Crippen LogP) is -3.93. The van der Waals surface area contributed by atoms with Gasteiger partial charge in [-0.25, -0.2) is 9.78 Å². The molecule has 1 heterocycles. The molecule has 1 aromatic rings. The third kappa shape index (κ3) is 12.1. The monoisotopic (exact) mass is 542 g/mol. The van der Waals surface area contributed by atoms with Gasteiger partial charge < -0.3 is 49.0 Å². The molecule has 4 unspecified atom stereocenters. The highest BCUT2D eigenvalue weighted by molar-refractivity contribution is 7.80. The fourth-order valence-electron chi connectivity index (χ4n) is 3.05. The van der Waals surface area contributed by atoms with Crippen LogP contribution in [0.2, 0.25) is 0 Å². The number of nitrogens with one attached hydrogen (secondary N) is 4. The molecule has 13 N–H and O–H groups in total. The second kappa shape index (κ2) is 16.0. The van der Waals surface area contributed by atoms with Crippen LogP contribution in [-0.4, -0.2) is 87.1 Å². The zero-order valence-corrected chi connectivity index (χ0v) is 20.9. The van der Waals surface area contributed by atoms with Crippen molar-refractivity contribution < 1.29 is 29.1 Å². The minimum absolute atomic E-state index is 0.000603. The van der Waals surface area contributed by atoms with Crippen molar-refractivity contribution in [2.24, 2.45) is 27.9 Å². The number of aliphatic imine (C=N–C) groups is 1. The van der Waals surface area contributed by atoms with Crippen molar-refractivity contribution in [1.82, 2.24) is 25.9 Å². The fourth-order valence-corrected chi connectivity index (χ4v) is 3.21. The Labute approximate surface area is 218 Å². The van der Waals surface area contributed by atoms with Gasteiger partial charge in [0.25, 0.3) is 0 Å². The van der Waals surface area contributed by atoms with Crippen LogP contribution in [0.1, 0.15) is 31.4 Å². The van der Waals surface area contributed by atoms with E-state index in [1.54, 1.807) is 0 Å². The number of carboxylic acid groups (broad SMARTS) is 1. The van der Waals surface area contributed by atoms with Gasteiger partial charge in [0.1, 0.15) is 18.1 Å². The zero-order valence-electron chi connectivity index (χ0n) is 20.1. The van der Waals surface area contributed by atoms with E-state index in [2.05, 4.69) is 43.5 Å². The lowest BCUT2D eigenvalue weighted by molar-refractivity contribution is -0.142. The van der Waals surface area contributed by atoms with Gasteiger partial charge in [0.15, 0.2) is 5.96 Å². The summed E-state index contributed by atoms with van der Waals surface area (Å²) >= 11 is 3.94. The van der Waals surface area contributed by atoms with Gasteiger partial charge in [-0.3, -0.25) is 24.2 Å². The summed E-state index contributed by atoms with van der Waals surface area (Å²) in [5.74, 6) is -4.45. The Morgan fingerprint density at radius 1 is 1.00 bits per heavy atom. The van der Waals surface area contributed by atoms with Crippen molar-refractivity contribution in [3.05, 3.63) is 18.2 Å². The van der Waals surface area contributed by atoms with Gasteiger partial charge in [-0.05, 0) is 19.3 Å². The number of imidazole rings is 1. The molecule has 0 aliphatic carbocycles. The Bertz CT molecular complexity index is 953. The number of aliphatic carboxylic acids is 1. The van der Waals surface area contributed by atoms with Crippen LogP contribution in [0, 0.1) is 0 Å². The van der Waals surface area contributed by atoms with Gasteiger partial charge in [-0.1, -0.05) is 0 Å². The van der Waals surface area contributed by atoms with E-state index in [-0.39, 0.29) is 50.4 Å². The zero-order chi connectivity index (χ0) is 28.0. The number of rotatable bonds is 17. The van der Waals surface area contributed by atoms with Crippen LogP contribution >= 0.6 is 12.6 Å². The van der Waals surface area contributed by atoms with E-state index < -0.39 is 53.8 Å². The Hall–Kier alpha value is -3.86. The van der Waals surface area contributed by atoms with E-state index in [0.717, 1.165) is 0 Å². The Kier molecular flexibility index (Phi) is 13.5. The van der Waals surface area contributed by atoms with E-state index in [1.165, 1.54) is 12.5 Å². The maximum Gasteiger partial charge on any atom is 0.326 e. The summed E-state index contributed by atoms with van der Waals surface area (Å²) in [6.07, 6.45) is 2.60. The number of aromatic amines is 1. The molecule has 0 aliphatic rings. The summed E-state index contributed by atoms with van der Waals surface area (Å²) in [5.41, 5.74) is 21.8. The predicted molar refractivity (Wildman–Crippen MR) is 136 cm³/mol. The van der Waals surface area contributed by atoms with Crippen LogP contribution < -0.4 is 38.9 Å². The van der Waals surface area contributed by atoms with E-state index in [4.69, 9.17) is 22.9 Å². The number of carboxylic acids is 1. The second-order valence-corrected chi connectivity index (χ2v) is 8.41. The number of aromatic nitrogens is 2. The Morgan fingerprint density at radius 2 is 1.62 bits per heavy atom. The average molecular weight is 543 g/mol. The highest BCUT2D eigenvalue weighted by Gasteiger charge is 2.30. The van der Waals surface area contributed by atoms with Crippen LogP contribution in [0.25, 0.3) is 0 Å². The number of thiol groups is 1. The van der Waals surface area contributed by atoms with Crippen LogP contribution in [0.15, 0.2) is 17.5 Å². The van der Waals surface area contributed by atoms with Crippen molar-refractivity contribution in [3.63, 3.8) is 0 Å². The molecule has 16 nitrogen and oxygen atoms in total. The van der Waals surface area contributed by atoms with Gasteiger partial charge in [-0.2, -0.15) is 12.6 Å². The summed E-state index contributed by atoms with van der Waals surface area (Å²) in [7, 11) is 0. The van der Waals surface area contributed by atoms with Gasteiger partial charge in [0.05, 0.1) is 12.4 Å². The van der Waals surface area contributed by atoms with Gasteiger partial charge in [0.2, 0.25) is 23.6 Å². The summed E-state index contributed by atoms with van der Waals surface area (Å²) < 4.78 is 0. The minimum Gasteiger partial charge on any atom is -0.480 e. The molecule has 0 spiro atoms. The lowest BCUT2D eigenvalue weighted by atomic mass is 10.1. The summed E-state index contributed by atoms with van der Waals surface area (Å²) in [6.45, 7) is 0.159. The molecule has 1 aromatic heterocycles. The molecular weight excluding hydrogens is 508 g/mol. The van der Waals surface area contributed by atoms with Crippen molar-refractivity contribution >= 4 is 48.2 Å². The van der Waals surface area contributed by atoms with Gasteiger partial charge in [0, 0.05) is 37.0 Å². The molecule has 1 rings (SSSR count). The van der Waals surface area contributed by atoms with E-state index in [9.17, 15) is 29.1 Å². The van der Waals surface area contributed by atoms with Crippen LogP contribution in [0.4, 0.5) is 0 Å². The molecule has 37 heavy (non-hydrogen) atoms. The third-order valence-corrected chi connectivity index (χ3v) is 5.41. The SMILES string of the molecule is NC(=O)CCC(NC(=O)C(N)CS)C(=O)NC(Cc1cnc[nH]1)C(=O)NC(CCCN=C(N)N)C(=O)O. The maximum atomic E-state index is 13.0. The van der Waals surface area contributed by atoms with Crippen molar-refractivity contribution in [2.75, 3.05) is 12.3 Å². The first kappa shape index (κ1) is 31.2. The van der Waals surface area contributed by atoms with Crippen LogP contribution in [0.3, 0.4) is 0 Å². The molecule has 4 amide bonds. The first-order chi connectivity index (χ1) is 17.4. The molecule has 0 fully saturated rings. The Morgan fingerprint density at radius 3 is 2.16 bits per heavy atom. The topological polar surface area (TPSA) is 287 Å². The smallest absolute Gasteiger partial charge is 0.326 e. The number of primary amides is 1. The number of nitrogens with two attached hydrogens (primary N) is 4. The number of amides is 4. The second-order valence-electron chi connectivity index (χ2n) is 8.05. The minimum atomic E-state index is -1.29. The van der Waals surface area contributed by atoms with Crippen LogP contribution in [0.5, 0.6) is 0 Å².